The van der Waals surface area contributed by atoms with Crippen LogP contribution < -0.4 is 10.6 Å². The fourth-order valence-corrected chi connectivity index (χ4v) is 2.64. The first-order valence-electron chi connectivity index (χ1n) is 9.12. The summed E-state index contributed by atoms with van der Waals surface area (Å²) < 4.78 is 0. The maximum Gasteiger partial charge on any atom is 0.190 e. The van der Waals surface area contributed by atoms with Gasteiger partial charge in [-0.25, -0.2) is 0 Å². The first kappa shape index (κ1) is 22.4. The van der Waals surface area contributed by atoms with Crippen LogP contribution in [0.4, 0.5) is 0 Å². The Morgan fingerprint density at radius 2 is 1.73 bits per heavy atom. The maximum atomic E-state index is 4.33. The smallest absolute Gasteiger partial charge is 0.190 e. The molecule has 1 aromatic heterocycles. The highest BCUT2D eigenvalue weighted by molar-refractivity contribution is 14.0. The summed E-state index contributed by atoms with van der Waals surface area (Å²) in [5.41, 5.74) is 3.89. The molecular weight excluding hydrogens is 435 g/mol. The molecule has 0 fully saturated rings. The average molecular weight is 466 g/mol. The van der Waals surface area contributed by atoms with E-state index in [2.05, 4.69) is 58.7 Å². The van der Waals surface area contributed by atoms with Crippen molar-refractivity contribution in [3.8, 4) is 0 Å². The van der Waals surface area contributed by atoms with Gasteiger partial charge in [0.1, 0.15) is 0 Å². The Morgan fingerprint density at radius 3 is 2.35 bits per heavy atom. The topological polar surface area (TPSA) is 49.3 Å². The van der Waals surface area contributed by atoms with Crippen LogP contribution >= 0.6 is 24.0 Å². The summed E-state index contributed by atoms with van der Waals surface area (Å²) in [4.78, 5) is 8.60. The third-order valence-corrected chi connectivity index (χ3v) is 4.20. The largest absolute Gasteiger partial charge is 0.356 e. The molecule has 0 unspecified atom stereocenters. The molecule has 4 nitrogen and oxygen atoms in total. The second kappa shape index (κ2) is 12.7. The Hall–Kier alpha value is -1.63. The minimum atomic E-state index is 0. The summed E-state index contributed by atoms with van der Waals surface area (Å²) in [6.45, 7) is 6.19. The zero-order chi connectivity index (χ0) is 17.9. The van der Waals surface area contributed by atoms with Gasteiger partial charge >= 0.3 is 0 Å². The van der Waals surface area contributed by atoms with Gasteiger partial charge in [-0.2, -0.15) is 0 Å². The maximum absolute atomic E-state index is 4.33. The molecular formula is C21H31IN4. The van der Waals surface area contributed by atoms with Gasteiger partial charge in [-0.05, 0) is 42.0 Å². The number of benzene rings is 1. The van der Waals surface area contributed by atoms with Crippen molar-refractivity contribution in [2.45, 2.75) is 39.0 Å². The van der Waals surface area contributed by atoms with Crippen LogP contribution in [0, 0.1) is 0 Å². The van der Waals surface area contributed by atoms with E-state index in [9.17, 15) is 0 Å². The molecule has 1 heterocycles. The van der Waals surface area contributed by atoms with E-state index < -0.39 is 0 Å². The Kier molecular flexibility index (Phi) is 10.9. The van der Waals surface area contributed by atoms with E-state index in [1.807, 2.05) is 24.4 Å². The number of aromatic nitrogens is 1. The third kappa shape index (κ3) is 8.17. The van der Waals surface area contributed by atoms with Crippen LogP contribution in [0.2, 0.25) is 0 Å². The summed E-state index contributed by atoms with van der Waals surface area (Å²) in [6.07, 6.45) is 4.89. The molecule has 26 heavy (non-hydrogen) atoms. The van der Waals surface area contributed by atoms with Crippen molar-refractivity contribution < 1.29 is 0 Å². The molecule has 0 amide bonds. The second-order valence-corrected chi connectivity index (χ2v) is 6.50. The molecule has 0 aliphatic carbocycles. The van der Waals surface area contributed by atoms with Crippen LogP contribution in [-0.2, 0) is 12.8 Å². The number of hydrogen-bond donors (Lipinski definition) is 2. The van der Waals surface area contributed by atoms with E-state index >= 15 is 0 Å². The van der Waals surface area contributed by atoms with Crippen molar-refractivity contribution in [2.24, 2.45) is 4.99 Å². The molecule has 0 spiro atoms. The summed E-state index contributed by atoms with van der Waals surface area (Å²) in [5, 5.41) is 6.71. The van der Waals surface area contributed by atoms with Crippen LogP contribution in [0.15, 0.2) is 53.7 Å². The van der Waals surface area contributed by atoms with Gasteiger partial charge in [-0.3, -0.25) is 9.98 Å². The quantitative estimate of drug-likeness (QED) is 0.266. The molecule has 0 radical (unpaired) electrons. The molecule has 0 atom stereocenters. The summed E-state index contributed by atoms with van der Waals surface area (Å²) >= 11 is 0. The lowest BCUT2D eigenvalue weighted by molar-refractivity contribution is 0.735. The van der Waals surface area contributed by atoms with E-state index in [0.717, 1.165) is 44.0 Å². The van der Waals surface area contributed by atoms with E-state index in [4.69, 9.17) is 0 Å². The van der Waals surface area contributed by atoms with Crippen LogP contribution in [-0.4, -0.2) is 31.1 Å². The standard InChI is InChI=1S/C21H30N4.HI/c1-17(2)19-11-9-18(10-12-19)7-6-15-24-21(22-3)25-16-13-20-8-4-5-14-23-20;/h4-5,8-12,14,17H,6-7,13,15-16H2,1-3H3,(H2,22,24,25);1H. The van der Waals surface area contributed by atoms with Crippen molar-refractivity contribution in [3.63, 3.8) is 0 Å². The number of aliphatic imine (C=N–C) groups is 1. The number of guanidine groups is 1. The molecule has 2 N–H and O–H groups in total. The molecule has 1 aromatic carbocycles. The van der Waals surface area contributed by atoms with E-state index in [1.54, 1.807) is 7.05 Å². The molecule has 0 saturated carbocycles. The van der Waals surface area contributed by atoms with Gasteiger partial charge in [0.05, 0.1) is 0 Å². The van der Waals surface area contributed by atoms with E-state index in [1.165, 1.54) is 11.1 Å². The molecule has 2 aromatic rings. The minimum Gasteiger partial charge on any atom is -0.356 e. The van der Waals surface area contributed by atoms with Crippen LogP contribution in [0.3, 0.4) is 0 Å². The lowest BCUT2D eigenvalue weighted by atomic mass is 10.0. The van der Waals surface area contributed by atoms with E-state index in [-0.39, 0.29) is 24.0 Å². The van der Waals surface area contributed by atoms with Crippen LogP contribution in [0.25, 0.3) is 0 Å². The molecule has 0 saturated heterocycles. The van der Waals surface area contributed by atoms with Gasteiger partial charge in [0.15, 0.2) is 5.96 Å². The minimum absolute atomic E-state index is 0. The summed E-state index contributed by atoms with van der Waals surface area (Å²) in [5.74, 6) is 1.45. The highest BCUT2D eigenvalue weighted by Crippen LogP contribution is 2.15. The van der Waals surface area contributed by atoms with Crippen molar-refractivity contribution in [1.82, 2.24) is 15.6 Å². The average Bonchev–Trinajstić information content (AvgIpc) is 2.65. The predicted octanol–water partition coefficient (Wildman–Crippen LogP) is 4.16. The molecule has 2 rings (SSSR count). The zero-order valence-corrected chi connectivity index (χ0v) is 18.4. The van der Waals surface area contributed by atoms with Gasteiger partial charge in [0.25, 0.3) is 0 Å². The van der Waals surface area contributed by atoms with Crippen LogP contribution in [0.1, 0.15) is 43.0 Å². The van der Waals surface area contributed by atoms with E-state index in [0.29, 0.717) is 5.92 Å². The molecule has 0 bridgehead atoms. The van der Waals surface area contributed by atoms with Crippen molar-refractivity contribution in [3.05, 3.63) is 65.5 Å². The zero-order valence-electron chi connectivity index (χ0n) is 16.0. The number of halogens is 1. The molecule has 5 heteroatoms. The number of nitrogens with one attached hydrogen (secondary N) is 2. The number of aryl methyl sites for hydroxylation is 1. The fourth-order valence-electron chi connectivity index (χ4n) is 2.64. The monoisotopic (exact) mass is 466 g/mol. The number of rotatable bonds is 8. The Labute approximate surface area is 174 Å². The fraction of sp³-hybridized carbons (Fsp3) is 0.429. The van der Waals surface area contributed by atoms with Crippen molar-refractivity contribution in [2.75, 3.05) is 20.1 Å². The summed E-state index contributed by atoms with van der Waals surface area (Å²) in [6, 6.07) is 15.0. The Morgan fingerprint density at radius 1 is 1.00 bits per heavy atom. The second-order valence-electron chi connectivity index (χ2n) is 6.50. The Bertz CT molecular complexity index is 639. The van der Waals surface area contributed by atoms with Gasteiger partial charge in [0, 0.05) is 38.4 Å². The number of hydrogen-bond acceptors (Lipinski definition) is 2. The van der Waals surface area contributed by atoms with Crippen LogP contribution in [0.5, 0.6) is 0 Å². The SMILES string of the molecule is CN=C(NCCCc1ccc(C(C)C)cc1)NCCc1ccccn1.I. The van der Waals surface area contributed by atoms with Gasteiger partial charge < -0.3 is 10.6 Å². The number of nitrogens with zero attached hydrogens (tertiary/aromatic N) is 2. The molecule has 0 aliphatic heterocycles. The van der Waals surface area contributed by atoms with Crippen molar-refractivity contribution >= 4 is 29.9 Å². The Balaban J connectivity index is 0.00000338. The first-order chi connectivity index (χ1) is 12.2. The lowest BCUT2D eigenvalue weighted by Gasteiger charge is -2.12. The predicted molar refractivity (Wildman–Crippen MR) is 122 cm³/mol. The van der Waals surface area contributed by atoms with Gasteiger partial charge in [-0.1, -0.05) is 44.2 Å². The first-order valence-corrected chi connectivity index (χ1v) is 9.12. The molecule has 0 aliphatic rings. The van der Waals surface area contributed by atoms with Gasteiger partial charge in [-0.15, -0.1) is 24.0 Å². The summed E-state index contributed by atoms with van der Waals surface area (Å²) in [7, 11) is 1.81. The van der Waals surface area contributed by atoms with Crippen molar-refractivity contribution in [1.29, 1.82) is 0 Å². The van der Waals surface area contributed by atoms with Gasteiger partial charge in [0.2, 0.25) is 0 Å². The number of pyridine rings is 1. The highest BCUT2D eigenvalue weighted by atomic mass is 127. The highest BCUT2D eigenvalue weighted by Gasteiger charge is 2.01. The third-order valence-electron chi connectivity index (χ3n) is 4.20. The molecule has 142 valence electrons. The lowest BCUT2D eigenvalue weighted by Crippen LogP contribution is -2.38. The normalized spacial score (nSPS) is 11.2.